The maximum atomic E-state index is 14.0. The third-order valence-corrected chi connectivity index (χ3v) is 3.84. The Morgan fingerprint density at radius 2 is 1.86 bits per heavy atom. The third kappa shape index (κ3) is 2.61. The number of aromatic nitrogens is 2. The summed E-state index contributed by atoms with van der Waals surface area (Å²) in [6.45, 7) is 0. The maximum absolute atomic E-state index is 14.0. The molecule has 2 N–H and O–H groups in total. The Labute approximate surface area is 125 Å². The van der Waals surface area contributed by atoms with Crippen molar-refractivity contribution < 1.29 is 13.6 Å². The zero-order valence-electron chi connectivity index (χ0n) is 11.6. The Hall–Kier alpha value is -2.57. The van der Waals surface area contributed by atoms with E-state index in [1.807, 2.05) is 0 Å². The van der Waals surface area contributed by atoms with Crippen molar-refractivity contribution in [1.29, 1.82) is 0 Å². The van der Waals surface area contributed by atoms with Gasteiger partial charge in [0.1, 0.15) is 11.6 Å². The van der Waals surface area contributed by atoms with Gasteiger partial charge in [0.05, 0.1) is 23.6 Å². The summed E-state index contributed by atoms with van der Waals surface area (Å²) in [5.74, 6) is -1.30. The monoisotopic (exact) mass is 304 g/mol. The van der Waals surface area contributed by atoms with Gasteiger partial charge in [0, 0.05) is 5.56 Å². The standard InChI is InChI=1S/C15H14F2N4O/c16-11-3-1-4-12(17)13(11)15(6-2-7-15)21-14(22)20-10-5-8-18-19-9-10/h1,3-5,8-9H,2,6-7H2,(H2,18,20,21,22). The first-order chi connectivity index (χ1) is 10.6. The predicted octanol–water partition coefficient (Wildman–Crippen LogP) is 2.96. The Morgan fingerprint density at radius 1 is 1.14 bits per heavy atom. The molecule has 0 atom stereocenters. The van der Waals surface area contributed by atoms with E-state index in [1.54, 1.807) is 6.07 Å². The fraction of sp³-hybridized carbons (Fsp3) is 0.267. The van der Waals surface area contributed by atoms with Crippen LogP contribution in [0.4, 0.5) is 19.3 Å². The van der Waals surface area contributed by atoms with Gasteiger partial charge < -0.3 is 10.6 Å². The Kier molecular flexibility index (Phi) is 3.70. The molecule has 0 bridgehead atoms. The van der Waals surface area contributed by atoms with Crippen LogP contribution in [0.25, 0.3) is 0 Å². The number of hydrogen-bond donors (Lipinski definition) is 2. The van der Waals surface area contributed by atoms with Crippen LogP contribution < -0.4 is 10.6 Å². The first kappa shape index (κ1) is 14.4. The molecule has 1 aliphatic carbocycles. The SMILES string of the molecule is O=C(Nc1ccnnc1)NC1(c2c(F)cccc2F)CCC1. The molecule has 2 amide bonds. The van der Waals surface area contributed by atoms with Crippen LogP contribution >= 0.6 is 0 Å². The second kappa shape index (κ2) is 5.67. The van der Waals surface area contributed by atoms with Gasteiger partial charge in [0.2, 0.25) is 0 Å². The largest absolute Gasteiger partial charge is 0.328 e. The second-order valence-electron chi connectivity index (χ2n) is 5.24. The molecule has 1 saturated carbocycles. The van der Waals surface area contributed by atoms with Crippen molar-refractivity contribution in [2.75, 3.05) is 5.32 Å². The molecule has 0 spiro atoms. The first-order valence-electron chi connectivity index (χ1n) is 6.91. The lowest BCUT2D eigenvalue weighted by Gasteiger charge is -2.43. The van der Waals surface area contributed by atoms with Crippen molar-refractivity contribution in [3.05, 3.63) is 53.9 Å². The number of amides is 2. The number of carbonyl (C=O) groups is 1. The Morgan fingerprint density at radius 3 is 2.41 bits per heavy atom. The van der Waals surface area contributed by atoms with E-state index in [4.69, 9.17) is 0 Å². The lowest BCUT2D eigenvalue weighted by molar-refractivity contribution is 0.175. The lowest BCUT2D eigenvalue weighted by Crippen LogP contribution is -2.53. The second-order valence-corrected chi connectivity index (χ2v) is 5.24. The number of urea groups is 1. The van der Waals surface area contributed by atoms with Gasteiger partial charge in [-0.2, -0.15) is 10.2 Å². The zero-order chi connectivity index (χ0) is 15.6. The van der Waals surface area contributed by atoms with Crippen molar-refractivity contribution in [3.8, 4) is 0 Å². The number of carbonyl (C=O) groups excluding carboxylic acids is 1. The highest BCUT2D eigenvalue weighted by molar-refractivity contribution is 5.89. The van der Waals surface area contributed by atoms with Gasteiger partial charge in [-0.1, -0.05) is 6.07 Å². The van der Waals surface area contributed by atoms with Crippen molar-refractivity contribution in [3.63, 3.8) is 0 Å². The van der Waals surface area contributed by atoms with Gasteiger partial charge in [0.15, 0.2) is 0 Å². The molecule has 7 heteroatoms. The normalized spacial score (nSPS) is 15.7. The highest BCUT2D eigenvalue weighted by atomic mass is 19.1. The number of rotatable bonds is 3. The van der Waals surface area contributed by atoms with Crippen LogP contribution in [0.15, 0.2) is 36.7 Å². The molecule has 0 aliphatic heterocycles. The Balaban J connectivity index is 1.81. The van der Waals surface area contributed by atoms with Gasteiger partial charge in [-0.25, -0.2) is 13.6 Å². The van der Waals surface area contributed by atoms with Crippen LogP contribution in [0.3, 0.4) is 0 Å². The van der Waals surface area contributed by atoms with Crippen LogP contribution in [0.1, 0.15) is 24.8 Å². The average molecular weight is 304 g/mol. The molecule has 1 aliphatic rings. The molecule has 1 fully saturated rings. The third-order valence-electron chi connectivity index (χ3n) is 3.84. The summed E-state index contributed by atoms with van der Waals surface area (Å²) in [6, 6.07) is 4.75. The number of hydrogen-bond acceptors (Lipinski definition) is 3. The van der Waals surface area contributed by atoms with Crippen LogP contribution in [0.5, 0.6) is 0 Å². The van der Waals surface area contributed by atoms with Crippen LogP contribution in [-0.2, 0) is 5.54 Å². The summed E-state index contributed by atoms with van der Waals surface area (Å²) in [5, 5.41) is 12.5. The quantitative estimate of drug-likeness (QED) is 0.916. The van der Waals surface area contributed by atoms with Gasteiger partial charge in [0.25, 0.3) is 0 Å². The van der Waals surface area contributed by atoms with Crippen molar-refractivity contribution in [2.45, 2.75) is 24.8 Å². The number of halogens is 2. The first-order valence-corrected chi connectivity index (χ1v) is 6.91. The van der Waals surface area contributed by atoms with Gasteiger partial charge in [-0.05, 0) is 37.5 Å². The summed E-state index contributed by atoms with van der Waals surface area (Å²) >= 11 is 0. The molecule has 0 unspecified atom stereocenters. The summed E-state index contributed by atoms with van der Waals surface area (Å²) in [5.41, 5.74) is -0.625. The molecule has 1 aromatic carbocycles. The minimum atomic E-state index is -1.00. The van der Waals surface area contributed by atoms with E-state index in [0.717, 1.165) is 6.42 Å². The zero-order valence-corrected chi connectivity index (χ0v) is 11.6. The van der Waals surface area contributed by atoms with E-state index < -0.39 is 23.2 Å². The van der Waals surface area contributed by atoms with Crippen LogP contribution in [0, 0.1) is 11.6 Å². The summed E-state index contributed by atoms with van der Waals surface area (Å²) in [6.07, 6.45) is 4.60. The van der Waals surface area contributed by atoms with Crippen molar-refractivity contribution in [2.24, 2.45) is 0 Å². The lowest BCUT2D eigenvalue weighted by atomic mass is 9.71. The Bertz CT molecular complexity index is 669. The molecule has 114 valence electrons. The van der Waals surface area contributed by atoms with Crippen LogP contribution in [-0.4, -0.2) is 16.2 Å². The average Bonchev–Trinajstić information content (AvgIpc) is 2.45. The van der Waals surface area contributed by atoms with E-state index in [-0.39, 0.29) is 5.56 Å². The molecular weight excluding hydrogens is 290 g/mol. The number of anilines is 1. The van der Waals surface area contributed by atoms with Gasteiger partial charge in [-0.3, -0.25) is 0 Å². The molecule has 0 saturated heterocycles. The fourth-order valence-corrected chi connectivity index (χ4v) is 2.67. The molecule has 1 aromatic heterocycles. The smallest absolute Gasteiger partial charge is 0.319 e. The van der Waals surface area contributed by atoms with Crippen molar-refractivity contribution >= 4 is 11.7 Å². The highest BCUT2D eigenvalue weighted by Crippen LogP contribution is 2.43. The van der Waals surface area contributed by atoms with E-state index in [1.165, 1.54) is 30.6 Å². The van der Waals surface area contributed by atoms with E-state index in [2.05, 4.69) is 20.8 Å². The predicted molar refractivity (Wildman–Crippen MR) is 76.1 cm³/mol. The molecule has 1 heterocycles. The van der Waals surface area contributed by atoms with E-state index >= 15 is 0 Å². The minimum Gasteiger partial charge on any atom is -0.328 e. The summed E-state index contributed by atoms with van der Waals surface area (Å²) in [7, 11) is 0. The molecule has 3 rings (SSSR count). The van der Waals surface area contributed by atoms with Gasteiger partial charge in [-0.15, -0.1) is 0 Å². The number of nitrogens with zero attached hydrogens (tertiary/aromatic N) is 2. The molecule has 2 aromatic rings. The minimum absolute atomic E-state index is 0.0794. The van der Waals surface area contributed by atoms with Crippen molar-refractivity contribution in [1.82, 2.24) is 15.5 Å². The molecule has 5 nitrogen and oxygen atoms in total. The fourth-order valence-electron chi connectivity index (χ4n) is 2.67. The molecular formula is C15H14F2N4O. The summed E-state index contributed by atoms with van der Waals surface area (Å²) in [4.78, 5) is 12.1. The molecule has 0 radical (unpaired) electrons. The van der Waals surface area contributed by atoms with E-state index in [0.29, 0.717) is 18.5 Å². The van der Waals surface area contributed by atoms with E-state index in [9.17, 15) is 13.6 Å². The number of benzene rings is 1. The summed E-state index contributed by atoms with van der Waals surface area (Å²) < 4.78 is 28.0. The highest BCUT2D eigenvalue weighted by Gasteiger charge is 2.44. The molecule has 22 heavy (non-hydrogen) atoms. The maximum Gasteiger partial charge on any atom is 0.319 e. The van der Waals surface area contributed by atoms with Gasteiger partial charge >= 0.3 is 6.03 Å². The number of nitrogens with one attached hydrogen (secondary N) is 2. The topological polar surface area (TPSA) is 66.9 Å². The van der Waals surface area contributed by atoms with Crippen LogP contribution in [0.2, 0.25) is 0 Å².